The van der Waals surface area contributed by atoms with Gasteiger partial charge in [-0.3, -0.25) is 9.59 Å². The zero-order chi connectivity index (χ0) is 22.7. The molecule has 6 nitrogen and oxygen atoms in total. The molecule has 0 amide bonds. The molecule has 0 bridgehead atoms. The van der Waals surface area contributed by atoms with Crippen LogP contribution in [0.15, 0.2) is 0 Å². The Morgan fingerprint density at radius 3 is 1.55 bits per heavy atom. The van der Waals surface area contributed by atoms with Crippen molar-refractivity contribution in [1.29, 1.82) is 0 Å². The summed E-state index contributed by atoms with van der Waals surface area (Å²) in [4.78, 5) is 24.8. The van der Waals surface area contributed by atoms with Crippen molar-refractivity contribution < 1.29 is 28.5 Å². The van der Waals surface area contributed by atoms with E-state index >= 15 is 0 Å². The van der Waals surface area contributed by atoms with Gasteiger partial charge in [0.2, 0.25) is 0 Å². The highest BCUT2D eigenvalue weighted by atomic mass is 16.6. The van der Waals surface area contributed by atoms with Crippen molar-refractivity contribution in [2.24, 2.45) is 11.8 Å². The Bertz CT molecular complexity index is 670. The largest absolute Gasteiger partial charge is 0.459 e. The lowest BCUT2D eigenvalue weighted by Crippen LogP contribution is -2.41. The second-order valence-electron chi connectivity index (χ2n) is 11.8. The molecule has 6 atom stereocenters. The summed E-state index contributed by atoms with van der Waals surface area (Å²) in [5.74, 6) is 0.158. The summed E-state index contributed by atoms with van der Waals surface area (Å²) in [6, 6.07) is 0. The topological polar surface area (TPSA) is 77.7 Å². The van der Waals surface area contributed by atoms with Crippen molar-refractivity contribution >= 4 is 11.9 Å². The molecule has 0 spiro atoms. The number of hydrogen-bond donors (Lipinski definition) is 0. The predicted molar refractivity (Wildman–Crippen MR) is 115 cm³/mol. The Labute approximate surface area is 186 Å². The molecule has 0 radical (unpaired) electrons. The molecule has 4 aliphatic rings. The molecular weight excluding hydrogens is 396 g/mol. The summed E-state index contributed by atoms with van der Waals surface area (Å²) < 4.78 is 23.2. The highest BCUT2D eigenvalue weighted by molar-refractivity contribution is 5.73. The number of hydrogen-bond acceptors (Lipinski definition) is 6. The predicted octanol–water partition coefficient (Wildman–Crippen LogP) is 4.72. The summed E-state index contributed by atoms with van der Waals surface area (Å²) in [6.07, 6.45) is 7.53. The second kappa shape index (κ2) is 7.72. The first-order chi connectivity index (χ1) is 14.3. The van der Waals surface area contributed by atoms with Crippen LogP contribution in [0.4, 0.5) is 0 Å². The van der Waals surface area contributed by atoms with E-state index in [1.165, 1.54) is 0 Å². The van der Waals surface area contributed by atoms with Gasteiger partial charge >= 0.3 is 11.9 Å². The summed E-state index contributed by atoms with van der Waals surface area (Å²) in [5.41, 5.74) is -0.887. The van der Waals surface area contributed by atoms with E-state index in [2.05, 4.69) is 13.8 Å². The molecule has 0 aromatic rings. The molecule has 0 aromatic carbocycles. The quantitative estimate of drug-likeness (QED) is 0.405. The third-order valence-corrected chi connectivity index (χ3v) is 8.53. The lowest BCUT2D eigenvalue weighted by Gasteiger charge is -2.36. The lowest BCUT2D eigenvalue weighted by molar-refractivity contribution is -0.164. The smallest absolute Gasteiger partial charge is 0.306 e. The van der Waals surface area contributed by atoms with E-state index in [0.717, 1.165) is 38.5 Å². The minimum Gasteiger partial charge on any atom is -0.459 e. The van der Waals surface area contributed by atoms with Gasteiger partial charge in [-0.1, -0.05) is 0 Å². The van der Waals surface area contributed by atoms with Crippen LogP contribution in [0.2, 0.25) is 0 Å². The van der Waals surface area contributed by atoms with Crippen molar-refractivity contribution in [2.75, 3.05) is 0 Å². The first kappa shape index (κ1) is 23.0. The number of rotatable bonds is 8. The van der Waals surface area contributed by atoms with Crippen molar-refractivity contribution in [3.63, 3.8) is 0 Å². The van der Waals surface area contributed by atoms with Crippen molar-refractivity contribution in [1.82, 2.24) is 0 Å². The van der Waals surface area contributed by atoms with E-state index in [4.69, 9.17) is 18.9 Å². The van der Waals surface area contributed by atoms with Crippen LogP contribution in [0.1, 0.15) is 99.3 Å². The first-order valence-electron chi connectivity index (χ1n) is 12.1. The molecule has 4 rings (SSSR count). The first-order valence-corrected chi connectivity index (χ1v) is 12.1. The van der Waals surface area contributed by atoms with Crippen LogP contribution in [-0.4, -0.2) is 46.6 Å². The molecule has 0 N–H and O–H groups in total. The van der Waals surface area contributed by atoms with E-state index in [1.807, 2.05) is 27.7 Å². The molecule has 2 saturated heterocycles. The van der Waals surface area contributed by atoms with E-state index in [9.17, 15) is 9.59 Å². The van der Waals surface area contributed by atoms with Gasteiger partial charge in [0.25, 0.3) is 0 Å². The fourth-order valence-corrected chi connectivity index (χ4v) is 5.79. The molecular formula is C25H40O6. The van der Waals surface area contributed by atoms with Crippen LogP contribution >= 0.6 is 0 Å². The maximum absolute atomic E-state index is 12.4. The molecule has 31 heavy (non-hydrogen) atoms. The van der Waals surface area contributed by atoms with Crippen LogP contribution in [0, 0.1) is 11.8 Å². The van der Waals surface area contributed by atoms with Gasteiger partial charge in [-0.25, -0.2) is 0 Å². The lowest BCUT2D eigenvalue weighted by atomic mass is 9.75. The van der Waals surface area contributed by atoms with Gasteiger partial charge in [0.1, 0.15) is 11.2 Å². The SMILES string of the molecule is CC(C)(OC(=O)CCCC(=O)OC(C)(C)C1CCC2(C)O[C@H]2C1)C1CCC2(C)OC2C1. The van der Waals surface area contributed by atoms with Crippen LogP contribution in [0.25, 0.3) is 0 Å². The summed E-state index contributed by atoms with van der Waals surface area (Å²) >= 11 is 0. The molecule has 2 saturated carbocycles. The second-order valence-corrected chi connectivity index (χ2v) is 11.8. The van der Waals surface area contributed by atoms with Gasteiger partial charge in [0.15, 0.2) is 0 Å². The number of carbonyl (C=O) groups is 2. The number of fused-ring (bicyclic) bond motifs is 2. The van der Waals surface area contributed by atoms with E-state index in [-0.39, 0.29) is 36.0 Å². The van der Waals surface area contributed by atoms with Crippen LogP contribution in [-0.2, 0) is 28.5 Å². The maximum atomic E-state index is 12.4. The van der Waals surface area contributed by atoms with Gasteiger partial charge in [0, 0.05) is 24.7 Å². The summed E-state index contributed by atoms with van der Waals surface area (Å²) in [7, 11) is 0. The maximum Gasteiger partial charge on any atom is 0.306 e. The Balaban J connectivity index is 1.16. The van der Waals surface area contributed by atoms with Gasteiger partial charge in [-0.2, -0.15) is 0 Å². The zero-order valence-corrected chi connectivity index (χ0v) is 20.1. The standard InChI is InChI=1S/C25H40O6/c1-22(2,16-10-12-24(5)18(14-16)28-24)30-20(26)8-7-9-21(27)31-23(3,4)17-11-13-25(6)19(15-17)29-25/h16-19H,7-15H2,1-6H3/t16?,17?,18-,19?,24?,25?/m0/s1. The fraction of sp³-hybridized carbons (Fsp3) is 0.920. The Kier molecular flexibility index (Phi) is 5.74. The highest BCUT2D eigenvalue weighted by Crippen LogP contribution is 2.53. The Morgan fingerprint density at radius 2 is 1.19 bits per heavy atom. The van der Waals surface area contributed by atoms with Crippen molar-refractivity contribution in [2.45, 2.75) is 134 Å². The average molecular weight is 437 g/mol. The average Bonchev–Trinajstić information content (AvgIpc) is 3.51. The fourth-order valence-electron chi connectivity index (χ4n) is 5.79. The Hall–Kier alpha value is -1.14. The van der Waals surface area contributed by atoms with Gasteiger partial charge < -0.3 is 18.9 Å². The molecule has 2 heterocycles. The number of epoxide rings is 2. The Morgan fingerprint density at radius 1 is 0.806 bits per heavy atom. The molecule has 5 unspecified atom stereocenters. The molecule has 2 aliphatic heterocycles. The summed E-state index contributed by atoms with van der Waals surface area (Å²) in [6.45, 7) is 12.3. The summed E-state index contributed by atoms with van der Waals surface area (Å²) in [5, 5.41) is 0. The number of ether oxygens (including phenoxy) is 4. The number of carbonyl (C=O) groups excluding carboxylic acids is 2. The van der Waals surface area contributed by atoms with Gasteiger partial charge in [-0.15, -0.1) is 0 Å². The van der Waals surface area contributed by atoms with Crippen LogP contribution in [0.3, 0.4) is 0 Å². The number of esters is 2. The van der Waals surface area contributed by atoms with Crippen molar-refractivity contribution in [3.8, 4) is 0 Å². The van der Waals surface area contributed by atoms with Gasteiger partial charge in [0.05, 0.1) is 23.4 Å². The molecule has 176 valence electrons. The van der Waals surface area contributed by atoms with Crippen LogP contribution < -0.4 is 0 Å². The molecule has 6 heteroatoms. The highest BCUT2D eigenvalue weighted by Gasteiger charge is 2.58. The molecule has 0 aromatic heterocycles. The van der Waals surface area contributed by atoms with E-state index < -0.39 is 11.2 Å². The van der Waals surface area contributed by atoms with E-state index in [0.29, 0.717) is 30.5 Å². The van der Waals surface area contributed by atoms with Gasteiger partial charge in [-0.05, 0) is 86.5 Å². The minimum absolute atomic E-state index is 0.0632. The van der Waals surface area contributed by atoms with Crippen LogP contribution in [0.5, 0.6) is 0 Å². The van der Waals surface area contributed by atoms with Crippen molar-refractivity contribution in [3.05, 3.63) is 0 Å². The minimum atomic E-state index is -0.507. The molecule has 2 aliphatic carbocycles. The third kappa shape index (κ3) is 4.95. The van der Waals surface area contributed by atoms with E-state index in [1.54, 1.807) is 0 Å². The monoisotopic (exact) mass is 436 g/mol. The normalized spacial score (nSPS) is 39.2. The molecule has 4 fully saturated rings. The zero-order valence-electron chi connectivity index (χ0n) is 20.1. The third-order valence-electron chi connectivity index (χ3n) is 8.53.